The Labute approximate surface area is 97.3 Å². The van der Waals surface area contributed by atoms with E-state index < -0.39 is 11.8 Å². The molecule has 1 atom stereocenters. The predicted octanol–water partition coefficient (Wildman–Crippen LogP) is 0.619. The Bertz CT molecular complexity index is 557. The zero-order chi connectivity index (χ0) is 12.3. The second-order valence-electron chi connectivity index (χ2n) is 3.25. The fraction of sp³-hybridized carbons (Fsp3) is 0.182. The molecule has 0 aliphatic carbocycles. The van der Waals surface area contributed by atoms with Gasteiger partial charge in [-0.3, -0.25) is 4.79 Å². The van der Waals surface area contributed by atoms with Gasteiger partial charge in [0.05, 0.1) is 18.9 Å². The highest BCUT2D eigenvalue weighted by Crippen LogP contribution is 2.18. The van der Waals surface area contributed by atoms with Crippen molar-refractivity contribution in [1.29, 1.82) is 5.26 Å². The van der Waals surface area contributed by atoms with Gasteiger partial charge in [-0.1, -0.05) is 0 Å². The molecule has 1 aliphatic heterocycles. The zero-order valence-electron chi connectivity index (χ0n) is 8.99. The van der Waals surface area contributed by atoms with Crippen LogP contribution in [0, 0.1) is 17.2 Å². The first-order chi connectivity index (χ1) is 8.24. The van der Waals surface area contributed by atoms with Gasteiger partial charge in [0, 0.05) is 18.0 Å². The first-order valence-electron chi connectivity index (χ1n) is 4.81. The minimum absolute atomic E-state index is 0.224. The van der Waals surface area contributed by atoms with Crippen LogP contribution in [-0.4, -0.2) is 29.2 Å². The highest BCUT2D eigenvalue weighted by atomic mass is 16.5. The number of hydrogen-bond donors (Lipinski definition) is 0. The van der Waals surface area contributed by atoms with Crippen LogP contribution in [0.4, 0.5) is 0 Å². The Morgan fingerprint density at radius 3 is 3.06 bits per heavy atom. The maximum atomic E-state index is 11.2. The molecule has 0 radical (unpaired) electrons. The second kappa shape index (κ2) is 4.53. The number of nitriles is 1. The third-order valence-corrected chi connectivity index (χ3v) is 2.19. The Hall–Kier alpha value is -2.55. The van der Waals surface area contributed by atoms with E-state index in [1.165, 1.54) is 25.6 Å². The summed E-state index contributed by atoms with van der Waals surface area (Å²) in [6.45, 7) is 0. The molecule has 2 rings (SSSR count). The molecule has 1 aromatic rings. The van der Waals surface area contributed by atoms with Crippen LogP contribution in [0.2, 0.25) is 0 Å². The summed E-state index contributed by atoms with van der Waals surface area (Å²) in [6, 6.07) is 3.75. The number of amides is 1. The lowest BCUT2D eigenvalue weighted by atomic mass is 10.0. The van der Waals surface area contributed by atoms with E-state index in [1.54, 1.807) is 6.07 Å². The molecular formula is C11H8N4O2. The molecule has 2 heterocycles. The van der Waals surface area contributed by atoms with Gasteiger partial charge in [0.2, 0.25) is 0 Å². The van der Waals surface area contributed by atoms with Crippen molar-refractivity contribution in [3.63, 3.8) is 0 Å². The number of methoxy groups -OCH3 is 1. The van der Waals surface area contributed by atoms with Crippen molar-refractivity contribution >= 4 is 17.7 Å². The fourth-order valence-electron chi connectivity index (χ4n) is 1.35. The van der Waals surface area contributed by atoms with Crippen molar-refractivity contribution in [2.75, 3.05) is 7.11 Å². The highest BCUT2D eigenvalue weighted by Gasteiger charge is 2.20. The van der Waals surface area contributed by atoms with Crippen LogP contribution in [0.25, 0.3) is 5.57 Å². The number of aromatic nitrogens is 2. The van der Waals surface area contributed by atoms with Crippen LogP contribution >= 0.6 is 0 Å². The van der Waals surface area contributed by atoms with Crippen LogP contribution in [0.3, 0.4) is 0 Å². The van der Waals surface area contributed by atoms with Crippen LogP contribution < -0.4 is 4.74 Å². The molecule has 84 valence electrons. The topological polar surface area (TPSA) is 88.2 Å². The number of nitrogens with zero attached hydrogens (tertiary/aromatic N) is 4. The Morgan fingerprint density at radius 2 is 2.35 bits per heavy atom. The zero-order valence-corrected chi connectivity index (χ0v) is 8.99. The number of hydrogen-bond acceptors (Lipinski definition) is 5. The van der Waals surface area contributed by atoms with Gasteiger partial charge in [-0.15, -0.1) is 0 Å². The summed E-state index contributed by atoms with van der Waals surface area (Å²) in [6.07, 6.45) is 4.45. The Balaban J connectivity index is 2.38. The van der Waals surface area contributed by atoms with Crippen molar-refractivity contribution in [3.05, 3.63) is 24.0 Å². The number of dihydropyridines is 1. The van der Waals surface area contributed by atoms with E-state index in [1.807, 2.05) is 6.07 Å². The number of rotatable bonds is 2. The van der Waals surface area contributed by atoms with E-state index in [-0.39, 0.29) is 6.01 Å². The first-order valence-corrected chi connectivity index (χ1v) is 4.81. The molecule has 1 aliphatic rings. The number of allylic oxidation sites excluding steroid dienone is 1. The molecule has 1 unspecified atom stereocenters. The van der Waals surface area contributed by atoms with Gasteiger partial charge in [-0.2, -0.15) is 10.2 Å². The van der Waals surface area contributed by atoms with Gasteiger partial charge in [0.15, 0.2) is 0 Å². The molecule has 0 bridgehead atoms. The van der Waals surface area contributed by atoms with E-state index in [0.29, 0.717) is 11.3 Å². The monoisotopic (exact) mass is 228 g/mol. The van der Waals surface area contributed by atoms with Crippen molar-refractivity contribution in [2.45, 2.75) is 0 Å². The van der Waals surface area contributed by atoms with Crippen molar-refractivity contribution in [1.82, 2.24) is 9.97 Å². The summed E-state index contributed by atoms with van der Waals surface area (Å²) < 4.78 is 4.89. The molecule has 17 heavy (non-hydrogen) atoms. The van der Waals surface area contributed by atoms with Gasteiger partial charge in [-0.05, 0) is 12.1 Å². The fourth-order valence-corrected chi connectivity index (χ4v) is 1.35. The van der Waals surface area contributed by atoms with E-state index >= 15 is 0 Å². The third kappa shape index (κ3) is 2.18. The Kier molecular flexibility index (Phi) is 2.92. The average molecular weight is 228 g/mol. The average Bonchev–Trinajstić information content (AvgIpc) is 2.39. The number of carbonyl (C=O) groups is 1. The van der Waals surface area contributed by atoms with Crippen LogP contribution in [0.5, 0.6) is 6.01 Å². The number of carbonyl (C=O) groups excluding carboxylic acids is 1. The standard InChI is InChI=1S/C11H8N4O2/c1-17-11-13-3-2-9(15-11)8-4-7(5-12)10(16)14-6-8/h2-4,6-7H,1H3. The van der Waals surface area contributed by atoms with Gasteiger partial charge in [0.25, 0.3) is 5.91 Å². The molecular weight excluding hydrogens is 220 g/mol. The lowest BCUT2D eigenvalue weighted by molar-refractivity contribution is -0.118. The summed E-state index contributed by atoms with van der Waals surface area (Å²) in [4.78, 5) is 22.8. The molecule has 0 fully saturated rings. The normalized spacial score (nSPS) is 18.5. The summed E-state index contributed by atoms with van der Waals surface area (Å²) >= 11 is 0. The molecule has 0 spiro atoms. The van der Waals surface area contributed by atoms with E-state index in [0.717, 1.165) is 0 Å². The smallest absolute Gasteiger partial charge is 0.316 e. The molecule has 1 aromatic heterocycles. The highest BCUT2D eigenvalue weighted by molar-refractivity contribution is 6.16. The van der Waals surface area contributed by atoms with Crippen molar-refractivity contribution < 1.29 is 9.53 Å². The number of ether oxygens (including phenoxy) is 1. The van der Waals surface area contributed by atoms with Gasteiger partial charge >= 0.3 is 6.01 Å². The SMILES string of the molecule is COc1nccc(C2=CC(C#N)C(=O)N=C2)n1. The molecule has 0 saturated carbocycles. The minimum atomic E-state index is -0.851. The molecule has 6 heteroatoms. The van der Waals surface area contributed by atoms with Crippen molar-refractivity contribution in [3.8, 4) is 12.1 Å². The van der Waals surface area contributed by atoms with E-state index in [4.69, 9.17) is 10.00 Å². The van der Waals surface area contributed by atoms with E-state index in [2.05, 4.69) is 15.0 Å². The van der Waals surface area contributed by atoms with Gasteiger partial charge in [0.1, 0.15) is 5.92 Å². The lowest BCUT2D eigenvalue weighted by Crippen LogP contribution is -2.13. The van der Waals surface area contributed by atoms with E-state index in [9.17, 15) is 4.79 Å². The van der Waals surface area contributed by atoms with Crippen LogP contribution in [0.1, 0.15) is 5.69 Å². The summed E-state index contributed by atoms with van der Waals surface area (Å²) in [5.41, 5.74) is 1.17. The summed E-state index contributed by atoms with van der Waals surface area (Å²) in [7, 11) is 1.46. The van der Waals surface area contributed by atoms with Gasteiger partial charge in [-0.25, -0.2) is 9.98 Å². The van der Waals surface area contributed by atoms with Crippen LogP contribution in [-0.2, 0) is 4.79 Å². The molecule has 1 amide bonds. The number of aliphatic imine (C=N–C) groups is 1. The lowest BCUT2D eigenvalue weighted by Gasteiger charge is -2.08. The summed E-state index contributed by atoms with van der Waals surface area (Å²) in [5.74, 6) is -1.31. The maximum Gasteiger partial charge on any atom is 0.316 e. The molecule has 0 N–H and O–H groups in total. The Morgan fingerprint density at radius 1 is 1.53 bits per heavy atom. The summed E-state index contributed by atoms with van der Waals surface area (Å²) in [5, 5.41) is 8.78. The molecule has 0 aromatic carbocycles. The maximum absolute atomic E-state index is 11.2. The second-order valence-corrected chi connectivity index (χ2v) is 3.25. The third-order valence-electron chi connectivity index (χ3n) is 2.19. The van der Waals surface area contributed by atoms with Crippen molar-refractivity contribution in [2.24, 2.45) is 10.9 Å². The minimum Gasteiger partial charge on any atom is -0.467 e. The first kappa shape index (κ1) is 11.0. The quantitative estimate of drug-likeness (QED) is 0.740. The molecule has 6 nitrogen and oxygen atoms in total. The predicted molar refractivity (Wildman–Crippen MR) is 59.2 cm³/mol. The molecule has 0 saturated heterocycles. The largest absolute Gasteiger partial charge is 0.467 e. The van der Waals surface area contributed by atoms with Gasteiger partial charge < -0.3 is 4.74 Å². The van der Waals surface area contributed by atoms with Crippen LogP contribution in [0.15, 0.2) is 23.3 Å².